The van der Waals surface area contributed by atoms with Crippen molar-refractivity contribution in [2.75, 3.05) is 11.1 Å². The molecule has 5 heteroatoms. The van der Waals surface area contributed by atoms with Crippen LogP contribution in [0.5, 0.6) is 0 Å². The largest absolute Gasteiger partial charge is 0.310 e. The van der Waals surface area contributed by atoms with Gasteiger partial charge in [-0.25, -0.2) is 4.68 Å². The zero-order valence-electron chi connectivity index (χ0n) is 14.6. The number of carbonyl (C=O) groups is 1. The molecule has 0 spiro atoms. The van der Waals surface area contributed by atoms with E-state index in [0.717, 1.165) is 17.1 Å². The van der Waals surface area contributed by atoms with Gasteiger partial charge < -0.3 is 5.32 Å². The van der Waals surface area contributed by atoms with Gasteiger partial charge in [0, 0.05) is 11.3 Å². The summed E-state index contributed by atoms with van der Waals surface area (Å²) < 4.78 is 1.98. The van der Waals surface area contributed by atoms with Crippen molar-refractivity contribution in [3.63, 3.8) is 0 Å². The average Bonchev–Trinajstić information content (AvgIpc) is 3.35. The Morgan fingerprint density at radius 3 is 2.79 bits per heavy atom. The quantitative estimate of drug-likeness (QED) is 0.813. The molecular weight excluding hydrogens is 318 g/mol. The Balaban J connectivity index is 1.55. The Kier molecular flexibility index (Phi) is 5.29. The maximum atomic E-state index is 12.3. The average molecular weight is 343 g/mol. The van der Waals surface area contributed by atoms with Gasteiger partial charge in [0.2, 0.25) is 5.91 Å². The van der Waals surface area contributed by atoms with Gasteiger partial charge in [-0.2, -0.15) is 5.10 Å². The minimum atomic E-state index is 0.0430. The highest BCUT2D eigenvalue weighted by Gasteiger charge is 2.31. The van der Waals surface area contributed by atoms with Crippen molar-refractivity contribution in [3.8, 4) is 0 Å². The lowest BCUT2D eigenvalue weighted by molar-refractivity contribution is -0.113. The van der Waals surface area contributed by atoms with Gasteiger partial charge in [0.25, 0.3) is 0 Å². The fourth-order valence-electron chi connectivity index (χ4n) is 2.89. The number of benzene rings is 1. The van der Waals surface area contributed by atoms with Crippen LogP contribution in [0.4, 0.5) is 5.82 Å². The lowest BCUT2D eigenvalue weighted by Gasteiger charge is -2.16. The van der Waals surface area contributed by atoms with Gasteiger partial charge in [-0.05, 0) is 50.7 Å². The number of nitrogens with zero attached hydrogens (tertiary/aromatic N) is 2. The molecule has 0 radical (unpaired) electrons. The van der Waals surface area contributed by atoms with Crippen molar-refractivity contribution < 1.29 is 4.79 Å². The minimum Gasteiger partial charge on any atom is -0.310 e. The maximum Gasteiger partial charge on any atom is 0.235 e. The molecule has 1 aromatic heterocycles. The predicted octanol–water partition coefficient (Wildman–Crippen LogP) is 4.34. The summed E-state index contributed by atoms with van der Waals surface area (Å²) in [6.07, 6.45) is 4.37. The summed E-state index contributed by atoms with van der Waals surface area (Å²) >= 11 is 1.65. The topological polar surface area (TPSA) is 46.9 Å². The smallest absolute Gasteiger partial charge is 0.235 e. The molecular formula is C19H25N3OS. The highest BCUT2D eigenvalue weighted by molar-refractivity contribution is 7.99. The van der Waals surface area contributed by atoms with Crippen molar-refractivity contribution in [1.29, 1.82) is 0 Å². The number of thioether (sulfide) groups is 1. The highest BCUT2D eigenvalue weighted by Crippen LogP contribution is 2.40. The molecule has 2 aromatic rings. The van der Waals surface area contributed by atoms with E-state index in [2.05, 4.69) is 36.4 Å². The van der Waals surface area contributed by atoms with Gasteiger partial charge in [-0.15, -0.1) is 11.8 Å². The normalized spacial score (nSPS) is 15.3. The van der Waals surface area contributed by atoms with Crippen LogP contribution in [0, 0.1) is 19.8 Å². The Morgan fingerprint density at radius 2 is 2.08 bits per heavy atom. The molecule has 0 bridgehead atoms. The standard InChI is InChI=1S/C19H25N3OS/c1-13-6-4-5-7-17(13)11-24-12-18(23)21-19-14(2)10-20-22(19)15(3)16-8-9-16/h4-7,10,15-16H,8-9,11-12H2,1-3H3,(H,21,23)/t15-/m0/s1. The van der Waals surface area contributed by atoms with E-state index in [1.807, 2.05) is 29.9 Å². The molecule has 1 amide bonds. The van der Waals surface area contributed by atoms with Gasteiger partial charge in [0.05, 0.1) is 18.0 Å². The minimum absolute atomic E-state index is 0.0430. The number of carbonyl (C=O) groups excluding carboxylic acids is 1. The molecule has 3 rings (SSSR count). The number of rotatable bonds is 7. The first-order chi connectivity index (χ1) is 11.6. The molecule has 4 nitrogen and oxygen atoms in total. The third kappa shape index (κ3) is 4.01. The third-order valence-corrected chi connectivity index (χ3v) is 5.66. The lowest BCUT2D eigenvalue weighted by atomic mass is 10.1. The lowest BCUT2D eigenvalue weighted by Crippen LogP contribution is -2.20. The molecule has 1 aliphatic rings. The monoisotopic (exact) mass is 343 g/mol. The van der Waals surface area contributed by atoms with Crippen LogP contribution in [-0.4, -0.2) is 21.4 Å². The van der Waals surface area contributed by atoms with E-state index in [-0.39, 0.29) is 5.91 Å². The van der Waals surface area contributed by atoms with E-state index in [1.54, 1.807) is 11.8 Å². The second-order valence-electron chi connectivity index (χ2n) is 6.67. The van der Waals surface area contributed by atoms with E-state index >= 15 is 0 Å². The summed E-state index contributed by atoms with van der Waals surface area (Å²) in [5.74, 6) is 2.92. The van der Waals surface area contributed by atoms with E-state index < -0.39 is 0 Å². The SMILES string of the molecule is Cc1ccccc1CSCC(=O)Nc1c(C)cnn1[C@@H](C)C1CC1. The summed E-state index contributed by atoms with van der Waals surface area (Å²) in [5.41, 5.74) is 3.59. The Hall–Kier alpha value is -1.75. The molecule has 0 aliphatic heterocycles. The second kappa shape index (κ2) is 7.43. The van der Waals surface area contributed by atoms with Gasteiger partial charge in [-0.1, -0.05) is 24.3 Å². The molecule has 1 heterocycles. The molecule has 1 atom stereocenters. The zero-order chi connectivity index (χ0) is 17.1. The maximum absolute atomic E-state index is 12.3. The molecule has 128 valence electrons. The van der Waals surface area contributed by atoms with Crippen molar-refractivity contribution in [1.82, 2.24) is 9.78 Å². The van der Waals surface area contributed by atoms with Gasteiger partial charge in [0.1, 0.15) is 5.82 Å². The number of anilines is 1. The van der Waals surface area contributed by atoms with Crippen LogP contribution < -0.4 is 5.32 Å². The fourth-order valence-corrected chi connectivity index (χ4v) is 3.79. The molecule has 1 aromatic carbocycles. The molecule has 1 saturated carbocycles. The second-order valence-corrected chi connectivity index (χ2v) is 7.65. The Bertz CT molecular complexity index is 721. The van der Waals surface area contributed by atoms with E-state index in [1.165, 1.54) is 24.0 Å². The number of aryl methyl sites for hydroxylation is 2. The van der Waals surface area contributed by atoms with Gasteiger partial charge >= 0.3 is 0 Å². The number of hydrogen-bond donors (Lipinski definition) is 1. The first-order valence-corrected chi connectivity index (χ1v) is 9.68. The molecule has 24 heavy (non-hydrogen) atoms. The van der Waals surface area contributed by atoms with Gasteiger partial charge in [0.15, 0.2) is 0 Å². The highest BCUT2D eigenvalue weighted by atomic mass is 32.2. The summed E-state index contributed by atoms with van der Waals surface area (Å²) in [6.45, 7) is 6.29. The van der Waals surface area contributed by atoms with Crippen LogP contribution in [0.3, 0.4) is 0 Å². The van der Waals surface area contributed by atoms with Crippen molar-refractivity contribution >= 4 is 23.5 Å². The van der Waals surface area contributed by atoms with E-state index in [9.17, 15) is 4.79 Å². The number of amides is 1. The predicted molar refractivity (Wildman–Crippen MR) is 100 cm³/mol. The molecule has 1 aliphatic carbocycles. The zero-order valence-corrected chi connectivity index (χ0v) is 15.4. The summed E-state index contributed by atoms with van der Waals surface area (Å²) in [7, 11) is 0. The van der Waals surface area contributed by atoms with Crippen molar-refractivity contribution in [2.24, 2.45) is 5.92 Å². The van der Waals surface area contributed by atoms with E-state index in [0.29, 0.717) is 17.7 Å². The first-order valence-electron chi connectivity index (χ1n) is 8.52. The van der Waals surface area contributed by atoms with Crippen LogP contribution in [-0.2, 0) is 10.5 Å². The van der Waals surface area contributed by atoms with Crippen molar-refractivity contribution in [3.05, 3.63) is 47.2 Å². The molecule has 1 N–H and O–H groups in total. The van der Waals surface area contributed by atoms with Crippen LogP contribution >= 0.6 is 11.8 Å². The van der Waals surface area contributed by atoms with Crippen LogP contribution in [0.1, 0.15) is 42.5 Å². The fraction of sp³-hybridized carbons (Fsp3) is 0.474. The summed E-state index contributed by atoms with van der Waals surface area (Å²) in [5, 5.41) is 7.53. The summed E-state index contributed by atoms with van der Waals surface area (Å²) in [4.78, 5) is 12.3. The summed E-state index contributed by atoms with van der Waals surface area (Å²) in [6, 6.07) is 8.67. The molecule has 0 unspecified atom stereocenters. The molecule has 1 fully saturated rings. The number of hydrogen-bond acceptors (Lipinski definition) is 3. The van der Waals surface area contributed by atoms with Crippen molar-refractivity contribution in [2.45, 2.75) is 45.4 Å². The Morgan fingerprint density at radius 1 is 1.33 bits per heavy atom. The number of aromatic nitrogens is 2. The van der Waals surface area contributed by atoms with E-state index in [4.69, 9.17) is 0 Å². The van der Waals surface area contributed by atoms with Crippen LogP contribution in [0.25, 0.3) is 0 Å². The van der Waals surface area contributed by atoms with Crippen LogP contribution in [0.2, 0.25) is 0 Å². The molecule has 0 saturated heterocycles. The third-order valence-electron chi connectivity index (χ3n) is 4.68. The van der Waals surface area contributed by atoms with Crippen LogP contribution in [0.15, 0.2) is 30.5 Å². The Labute approximate surface area is 148 Å². The first kappa shape index (κ1) is 17.1. The number of nitrogens with one attached hydrogen (secondary N) is 1. The van der Waals surface area contributed by atoms with Gasteiger partial charge in [-0.3, -0.25) is 4.79 Å².